The minimum Gasteiger partial charge on any atom is -0.395 e. The Labute approximate surface area is 175 Å². The predicted octanol–water partition coefficient (Wildman–Crippen LogP) is 3.10. The minimum absolute atomic E-state index is 0.0845. The molecular formula is C24H26N4O2. The summed E-state index contributed by atoms with van der Waals surface area (Å²) in [5.41, 5.74) is 12.4. The standard InChI is InChI=1S/C24H26N4O2/c25-23(30)24(8-9-24)21-14-16(7-10-26-21)15-5-6-20-18(13-15)22(27-11-12-29)17-3-1-2-4-19(17)28-20/h5-7,10,13-14,29H,1-4,8-9,11-12H2,(H2,25,30)(H,27,28). The van der Waals surface area contributed by atoms with Crippen molar-refractivity contribution >= 4 is 22.5 Å². The summed E-state index contributed by atoms with van der Waals surface area (Å²) in [7, 11) is 0. The lowest BCUT2D eigenvalue weighted by Crippen LogP contribution is -2.29. The molecule has 6 heteroatoms. The van der Waals surface area contributed by atoms with Crippen molar-refractivity contribution in [3.8, 4) is 11.1 Å². The number of amides is 1. The number of aromatic nitrogens is 2. The number of anilines is 1. The third-order valence-corrected chi connectivity index (χ3v) is 6.48. The van der Waals surface area contributed by atoms with Gasteiger partial charge in [0.1, 0.15) is 0 Å². The van der Waals surface area contributed by atoms with Gasteiger partial charge in [-0.15, -0.1) is 0 Å². The molecule has 2 heterocycles. The molecule has 0 atom stereocenters. The zero-order valence-electron chi connectivity index (χ0n) is 16.9. The first-order valence-corrected chi connectivity index (χ1v) is 10.7. The molecule has 5 rings (SSSR count). The second-order valence-corrected chi connectivity index (χ2v) is 8.38. The molecule has 1 fully saturated rings. The van der Waals surface area contributed by atoms with Gasteiger partial charge >= 0.3 is 0 Å². The van der Waals surface area contributed by atoms with Crippen LogP contribution in [0.15, 0.2) is 36.5 Å². The maximum absolute atomic E-state index is 11.9. The second-order valence-electron chi connectivity index (χ2n) is 8.38. The molecule has 0 aliphatic heterocycles. The summed E-state index contributed by atoms with van der Waals surface area (Å²) in [5, 5.41) is 13.9. The molecule has 4 N–H and O–H groups in total. The van der Waals surface area contributed by atoms with E-state index >= 15 is 0 Å². The van der Waals surface area contributed by atoms with E-state index in [2.05, 4.69) is 28.5 Å². The van der Waals surface area contributed by atoms with Crippen LogP contribution in [-0.2, 0) is 23.1 Å². The number of aryl methyl sites for hydroxylation is 1. The number of nitrogens with two attached hydrogens (primary N) is 1. The van der Waals surface area contributed by atoms with Gasteiger partial charge in [-0.1, -0.05) is 6.07 Å². The lowest BCUT2D eigenvalue weighted by Gasteiger charge is -2.22. The third kappa shape index (κ3) is 3.12. The topological polar surface area (TPSA) is 101 Å². The van der Waals surface area contributed by atoms with Crippen molar-refractivity contribution in [3.05, 3.63) is 53.5 Å². The number of primary amides is 1. The zero-order valence-corrected chi connectivity index (χ0v) is 16.9. The molecule has 0 unspecified atom stereocenters. The van der Waals surface area contributed by atoms with E-state index < -0.39 is 5.41 Å². The molecule has 30 heavy (non-hydrogen) atoms. The summed E-state index contributed by atoms with van der Waals surface area (Å²) < 4.78 is 0. The first-order valence-electron chi connectivity index (χ1n) is 10.7. The second kappa shape index (κ2) is 7.36. The molecule has 0 radical (unpaired) electrons. The van der Waals surface area contributed by atoms with E-state index in [0.29, 0.717) is 6.54 Å². The monoisotopic (exact) mass is 402 g/mol. The Morgan fingerprint density at radius 2 is 1.93 bits per heavy atom. The van der Waals surface area contributed by atoms with Crippen molar-refractivity contribution in [3.63, 3.8) is 0 Å². The molecule has 3 aromatic rings. The van der Waals surface area contributed by atoms with Gasteiger partial charge in [0.15, 0.2) is 0 Å². The summed E-state index contributed by atoms with van der Waals surface area (Å²) in [4.78, 5) is 21.3. The van der Waals surface area contributed by atoms with Crippen LogP contribution in [0.1, 0.15) is 42.6 Å². The highest BCUT2D eigenvalue weighted by atomic mass is 16.3. The minimum atomic E-state index is -0.596. The maximum atomic E-state index is 11.9. The van der Waals surface area contributed by atoms with Crippen LogP contribution < -0.4 is 11.1 Å². The van der Waals surface area contributed by atoms with E-state index in [9.17, 15) is 9.90 Å². The largest absolute Gasteiger partial charge is 0.395 e. The van der Waals surface area contributed by atoms with Crippen molar-refractivity contribution in [2.45, 2.75) is 43.9 Å². The SMILES string of the molecule is NC(=O)C1(c2cc(-c3ccc4nc5c(c(NCCO)c4c3)CCCC5)ccn2)CC1. The number of aliphatic hydroxyl groups is 1. The smallest absolute Gasteiger partial charge is 0.229 e. The number of aliphatic hydroxyl groups excluding tert-OH is 1. The highest BCUT2D eigenvalue weighted by Crippen LogP contribution is 2.47. The first-order chi connectivity index (χ1) is 14.6. The molecule has 1 saturated carbocycles. The molecule has 1 aromatic carbocycles. The van der Waals surface area contributed by atoms with Gasteiger partial charge in [-0.2, -0.15) is 0 Å². The number of pyridine rings is 2. The van der Waals surface area contributed by atoms with E-state index in [-0.39, 0.29) is 12.5 Å². The number of carbonyl (C=O) groups is 1. The molecule has 6 nitrogen and oxygen atoms in total. The fraction of sp³-hybridized carbons (Fsp3) is 0.375. The maximum Gasteiger partial charge on any atom is 0.229 e. The highest BCUT2D eigenvalue weighted by molar-refractivity contribution is 5.96. The van der Waals surface area contributed by atoms with E-state index in [4.69, 9.17) is 10.7 Å². The lowest BCUT2D eigenvalue weighted by molar-refractivity contribution is -0.120. The van der Waals surface area contributed by atoms with Crippen molar-refractivity contribution in [2.75, 3.05) is 18.5 Å². The number of carbonyl (C=O) groups excluding carboxylic acids is 1. The number of nitrogens with zero attached hydrogens (tertiary/aromatic N) is 2. The Bertz CT molecular complexity index is 1140. The first kappa shape index (κ1) is 19.0. The number of hydrogen-bond donors (Lipinski definition) is 3. The summed E-state index contributed by atoms with van der Waals surface area (Å²) >= 11 is 0. The Morgan fingerprint density at radius 3 is 2.70 bits per heavy atom. The highest BCUT2D eigenvalue weighted by Gasteiger charge is 2.51. The molecule has 1 amide bonds. The van der Waals surface area contributed by atoms with Crippen LogP contribution in [0, 0.1) is 0 Å². The quantitative estimate of drug-likeness (QED) is 0.588. The van der Waals surface area contributed by atoms with Crippen molar-refractivity contribution in [1.82, 2.24) is 9.97 Å². The Morgan fingerprint density at radius 1 is 1.13 bits per heavy atom. The summed E-state index contributed by atoms with van der Waals surface area (Å²) in [6, 6.07) is 10.2. The Kier molecular flexibility index (Phi) is 4.66. The Hall–Kier alpha value is -2.99. The molecule has 0 saturated heterocycles. The van der Waals surface area contributed by atoms with Gasteiger partial charge in [0.05, 0.1) is 23.2 Å². The molecule has 154 valence electrons. The zero-order chi connectivity index (χ0) is 20.7. The summed E-state index contributed by atoms with van der Waals surface area (Å²) in [6.45, 7) is 0.595. The molecule has 2 aromatic heterocycles. The number of hydrogen-bond acceptors (Lipinski definition) is 5. The molecule has 0 spiro atoms. The summed E-state index contributed by atoms with van der Waals surface area (Å²) in [5.74, 6) is -0.294. The molecular weight excluding hydrogens is 376 g/mol. The number of rotatable bonds is 6. The van der Waals surface area contributed by atoms with Crippen molar-refractivity contribution < 1.29 is 9.90 Å². The van der Waals surface area contributed by atoms with Gasteiger partial charge in [0.2, 0.25) is 5.91 Å². The van der Waals surface area contributed by atoms with Crippen molar-refractivity contribution in [2.24, 2.45) is 5.73 Å². The van der Waals surface area contributed by atoms with E-state index in [1.54, 1.807) is 6.20 Å². The average Bonchev–Trinajstić information content (AvgIpc) is 3.59. The van der Waals surface area contributed by atoms with Crippen LogP contribution in [0.25, 0.3) is 22.0 Å². The normalized spacial score (nSPS) is 16.8. The molecule has 2 aliphatic rings. The van der Waals surface area contributed by atoms with Crippen LogP contribution in [-0.4, -0.2) is 34.1 Å². The Balaban J connectivity index is 1.62. The number of nitrogens with one attached hydrogen (secondary N) is 1. The third-order valence-electron chi connectivity index (χ3n) is 6.48. The van der Waals surface area contributed by atoms with Gasteiger partial charge in [0, 0.05) is 29.5 Å². The number of fused-ring (bicyclic) bond motifs is 2. The van der Waals surface area contributed by atoms with Crippen LogP contribution >= 0.6 is 0 Å². The molecule has 0 bridgehead atoms. The van der Waals surface area contributed by atoms with Crippen LogP contribution in [0.3, 0.4) is 0 Å². The fourth-order valence-electron chi connectivity index (χ4n) is 4.61. The van der Waals surface area contributed by atoms with Gasteiger partial charge in [0.25, 0.3) is 0 Å². The van der Waals surface area contributed by atoms with Gasteiger partial charge in [-0.25, -0.2) is 0 Å². The fourth-order valence-corrected chi connectivity index (χ4v) is 4.61. The summed E-state index contributed by atoms with van der Waals surface area (Å²) in [6.07, 6.45) is 7.64. The van der Waals surface area contributed by atoms with Crippen LogP contribution in [0.5, 0.6) is 0 Å². The van der Waals surface area contributed by atoms with E-state index in [1.807, 2.05) is 12.1 Å². The average molecular weight is 402 g/mol. The van der Waals surface area contributed by atoms with E-state index in [1.165, 1.54) is 17.7 Å². The van der Waals surface area contributed by atoms with Gasteiger partial charge in [-0.05, 0) is 79.5 Å². The van der Waals surface area contributed by atoms with Crippen molar-refractivity contribution in [1.29, 1.82) is 0 Å². The number of benzene rings is 1. The van der Waals surface area contributed by atoms with Crippen LogP contribution in [0.2, 0.25) is 0 Å². The molecule has 2 aliphatic carbocycles. The predicted molar refractivity (Wildman–Crippen MR) is 117 cm³/mol. The van der Waals surface area contributed by atoms with E-state index in [0.717, 1.165) is 65.5 Å². The van der Waals surface area contributed by atoms with Gasteiger partial charge in [-0.3, -0.25) is 14.8 Å². The van der Waals surface area contributed by atoms with Crippen LogP contribution in [0.4, 0.5) is 5.69 Å². The van der Waals surface area contributed by atoms with Gasteiger partial charge < -0.3 is 16.2 Å². The lowest BCUT2D eigenvalue weighted by atomic mass is 9.91.